The minimum atomic E-state index is -0.460. The van der Waals surface area contributed by atoms with E-state index in [-0.39, 0.29) is 29.9 Å². The lowest BCUT2D eigenvalue weighted by molar-refractivity contribution is -0.120. The van der Waals surface area contributed by atoms with Crippen LogP contribution in [-0.2, 0) is 14.4 Å². The van der Waals surface area contributed by atoms with Crippen molar-refractivity contribution >= 4 is 52.2 Å². The molecule has 7 heteroatoms. The van der Waals surface area contributed by atoms with E-state index in [1.54, 1.807) is 41.3 Å². The van der Waals surface area contributed by atoms with Crippen LogP contribution >= 0.6 is 23.2 Å². The van der Waals surface area contributed by atoms with Gasteiger partial charge in [0.1, 0.15) is 0 Å². The van der Waals surface area contributed by atoms with E-state index < -0.39 is 5.92 Å². The second kappa shape index (κ2) is 9.92. The Morgan fingerprint density at radius 2 is 1.61 bits per heavy atom. The third-order valence-corrected chi connectivity index (χ3v) is 7.64. The average Bonchev–Trinajstić information content (AvgIpc) is 2.86. The number of benzene rings is 3. The molecule has 0 spiro atoms. The number of carbonyl (C=O) groups is 3. The molecule has 3 aromatic carbocycles. The first-order chi connectivity index (χ1) is 17.3. The van der Waals surface area contributed by atoms with Gasteiger partial charge in [0, 0.05) is 48.3 Å². The Morgan fingerprint density at radius 1 is 0.889 bits per heavy atom. The Kier molecular flexibility index (Phi) is 6.69. The minimum Gasteiger partial charge on any atom is -0.326 e. The third-order valence-electron chi connectivity index (χ3n) is 6.80. The van der Waals surface area contributed by atoms with Crippen molar-refractivity contribution in [3.8, 4) is 0 Å². The van der Waals surface area contributed by atoms with Crippen molar-refractivity contribution in [3.63, 3.8) is 0 Å². The number of carbonyl (C=O) groups excluding carboxylic acids is 3. The number of amides is 2. The fourth-order valence-corrected chi connectivity index (χ4v) is 5.69. The van der Waals surface area contributed by atoms with Crippen molar-refractivity contribution in [3.05, 3.63) is 105 Å². The average molecular weight is 519 g/mol. The Hall–Kier alpha value is -3.41. The quantitative estimate of drug-likeness (QED) is 0.409. The summed E-state index contributed by atoms with van der Waals surface area (Å²) in [5.74, 6) is -0.786. The van der Waals surface area contributed by atoms with E-state index in [0.717, 1.165) is 5.56 Å². The number of hydrogen-bond donors (Lipinski definition) is 1. The van der Waals surface area contributed by atoms with E-state index in [4.69, 9.17) is 23.2 Å². The van der Waals surface area contributed by atoms with Gasteiger partial charge in [-0.15, -0.1) is 0 Å². The van der Waals surface area contributed by atoms with Gasteiger partial charge in [-0.05, 0) is 53.8 Å². The molecule has 0 saturated carbocycles. The number of halogens is 2. The van der Waals surface area contributed by atoms with Crippen LogP contribution < -0.4 is 10.2 Å². The maximum Gasteiger partial charge on any atom is 0.232 e. The lowest BCUT2D eigenvalue weighted by Gasteiger charge is -2.40. The summed E-state index contributed by atoms with van der Waals surface area (Å²) in [7, 11) is 0. The lowest BCUT2D eigenvalue weighted by Crippen LogP contribution is -2.41. The number of anilines is 2. The highest BCUT2D eigenvalue weighted by Gasteiger charge is 2.43. The molecule has 1 aliphatic carbocycles. The summed E-state index contributed by atoms with van der Waals surface area (Å²) in [5.41, 5.74) is 4.36. The highest BCUT2D eigenvalue weighted by Crippen LogP contribution is 2.48. The second-order valence-electron chi connectivity index (χ2n) is 9.16. The first-order valence-corrected chi connectivity index (χ1v) is 12.5. The van der Waals surface area contributed by atoms with Gasteiger partial charge < -0.3 is 5.32 Å². The normalized spacial score (nSPS) is 19.8. The zero-order valence-electron chi connectivity index (χ0n) is 19.6. The van der Waals surface area contributed by atoms with Crippen LogP contribution in [0.5, 0.6) is 0 Å². The second-order valence-corrected chi connectivity index (χ2v) is 9.94. The molecular formula is C29H24Cl2N2O3. The highest BCUT2D eigenvalue weighted by atomic mass is 35.5. The molecule has 0 radical (unpaired) electrons. The van der Waals surface area contributed by atoms with Gasteiger partial charge in [-0.1, -0.05) is 65.7 Å². The summed E-state index contributed by atoms with van der Waals surface area (Å²) in [4.78, 5) is 40.5. The van der Waals surface area contributed by atoms with Crippen LogP contribution in [0, 0.1) is 0 Å². The standard InChI is InChI=1S/C29H24Cl2N2O3/c1-17(34)32-20-10-12-21(13-11-20)33-25-14-19(18-6-3-2-4-7-18)15-26(35)28(25)23(16-27(33)36)22-8-5-9-24(30)29(22)31/h2-13,19,23H,14-16H2,1H3,(H,32,34). The Balaban J connectivity index is 1.63. The zero-order chi connectivity index (χ0) is 25.4. The number of allylic oxidation sites excluding steroid dienone is 2. The summed E-state index contributed by atoms with van der Waals surface area (Å²) in [5, 5.41) is 3.51. The highest BCUT2D eigenvalue weighted by molar-refractivity contribution is 6.42. The number of rotatable bonds is 4. The fraction of sp³-hybridized carbons (Fsp3) is 0.207. The van der Waals surface area contributed by atoms with Crippen molar-refractivity contribution in [2.24, 2.45) is 0 Å². The van der Waals surface area contributed by atoms with Gasteiger partial charge in [-0.3, -0.25) is 19.3 Å². The molecule has 36 heavy (non-hydrogen) atoms. The summed E-state index contributed by atoms with van der Waals surface area (Å²) in [6.07, 6.45) is 1.01. The summed E-state index contributed by atoms with van der Waals surface area (Å²) in [6.45, 7) is 1.44. The van der Waals surface area contributed by atoms with E-state index in [1.165, 1.54) is 6.92 Å². The van der Waals surface area contributed by atoms with E-state index >= 15 is 0 Å². The van der Waals surface area contributed by atoms with Crippen LogP contribution in [0.4, 0.5) is 11.4 Å². The van der Waals surface area contributed by atoms with Crippen LogP contribution in [0.3, 0.4) is 0 Å². The van der Waals surface area contributed by atoms with Crippen LogP contribution in [0.2, 0.25) is 10.0 Å². The van der Waals surface area contributed by atoms with Crippen LogP contribution in [0.15, 0.2) is 84.1 Å². The number of Topliss-reactive ketones (excluding diaryl/α,β-unsaturated/α-hetero) is 1. The SMILES string of the molecule is CC(=O)Nc1ccc(N2C(=O)CC(c3cccc(Cl)c3Cl)C3=C2CC(c2ccccc2)CC3=O)cc1. The number of ketones is 1. The molecule has 1 aliphatic heterocycles. The summed E-state index contributed by atoms with van der Waals surface area (Å²) >= 11 is 12.9. The molecule has 5 rings (SSSR count). The molecule has 0 fully saturated rings. The number of hydrogen-bond acceptors (Lipinski definition) is 3. The zero-order valence-corrected chi connectivity index (χ0v) is 21.1. The van der Waals surface area contributed by atoms with Crippen molar-refractivity contribution < 1.29 is 14.4 Å². The monoisotopic (exact) mass is 518 g/mol. The topological polar surface area (TPSA) is 66.5 Å². The Bertz CT molecular complexity index is 1380. The van der Waals surface area contributed by atoms with Crippen molar-refractivity contribution in [1.29, 1.82) is 0 Å². The molecule has 3 aromatic rings. The molecule has 0 bridgehead atoms. The maximum atomic E-state index is 13.7. The van der Waals surface area contributed by atoms with Gasteiger partial charge >= 0.3 is 0 Å². The molecule has 0 saturated heterocycles. The largest absolute Gasteiger partial charge is 0.326 e. The molecular weight excluding hydrogens is 495 g/mol. The van der Waals surface area contributed by atoms with Gasteiger partial charge in [0.05, 0.1) is 10.0 Å². The van der Waals surface area contributed by atoms with Crippen molar-refractivity contribution in [2.45, 2.75) is 38.0 Å². The lowest BCUT2D eigenvalue weighted by atomic mass is 9.72. The molecule has 0 aromatic heterocycles. The minimum absolute atomic E-state index is 0.0125. The molecule has 2 aliphatic rings. The van der Waals surface area contributed by atoms with E-state index in [0.29, 0.717) is 51.1 Å². The molecule has 2 unspecified atom stereocenters. The molecule has 1 heterocycles. The predicted molar refractivity (Wildman–Crippen MR) is 143 cm³/mol. The van der Waals surface area contributed by atoms with Crippen molar-refractivity contribution in [1.82, 2.24) is 0 Å². The predicted octanol–water partition coefficient (Wildman–Crippen LogP) is 6.87. The van der Waals surface area contributed by atoms with E-state index in [1.807, 2.05) is 36.4 Å². The van der Waals surface area contributed by atoms with Crippen LogP contribution in [0.25, 0.3) is 0 Å². The van der Waals surface area contributed by atoms with Crippen molar-refractivity contribution in [2.75, 3.05) is 10.2 Å². The first-order valence-electron chi connectivity index (χ1n) is 11.8. The molecule has 2 amide bonds. The smallest absolute Gasteiger partial charge is 0.232 e. The first kappa shape index (κ1) is 24.3. The van der Waals surface area contributed by atoms with Crippen LogP contribution in [0.1, 0.15) is 49.1 Å². The van der Waals surface area contributed by atoms with Gasteiger partial charge in [-0.2, -0.15) is 0 Å². The third kappa shape index (κ3) is 4.57. The Labute approximate surface area is 219 Å². The van der Waals surface area contributed by atoms with Gasteiger partial charge in [-0.25, -0.2) is 0 Å². The fourth-order valence-electron chi connectivity index (χ4n) is 5.25. The molecule has 5 nitrogen and oxygen atoms in total. The summed E-state index contributed by atoms with van der Waals surface area (Å²) < 4.78 is 0. The molecule has 2 atom stereocenters. The number of nitrogens with one attached hydrogen (secondary N) is 1. The van der Waals surface area contributed by atoms with Gasteiger partial charge in [0.25, 0.3) is 0 Å². The Morgan fingerprint density at radius 3 is 2.31 bits per heavy atom. The number of nitrogens with zero attached hydrogens (tertiary/aromatic N) is 1. The van der Waals surface area contributed by atoms with E-state index in [9.17, 15) is 14.4 Å². The van der Waals surface area contributed by atoms with Gasteiger partial charge in [0.2, 0.25) is 11.8 Å². The molecule has 182 valence electrons. The molecule has 1 N–H and O–H groups in total. The van der Waals surface area contributed by atoms with Gasteiger partial charge in [0.15, 0.2) is 5.78 Å². The summed E-state index contributed by atoms with van der Waals surface area (Å²) in [6, 6.07) is 22.3. The van der Waals surface area contributed by atoms with Crippen LogP contribution in [-0.4, -0.2) is 17.6 Å². The van der Waals surface area contributed by atoms with E-state index in [2.05, 4.69) is 5.32 Å². The maximum absolute atomic E-state index is 13.7.